The molecular formula is C19H40. The number of hydrogen-bond acceptors (Lipinski definition) is 0. The van der Waals surface area contributed by atoms with Crippen LogP contribution in [-0.2, 0) is 0 Å². The molecule has 0 aliphatic carbocycles. The first-order valence-corrected chi connectivity index (χ1v) is 9.28. The Morgan fingerprint density at radius 2 is 0.737 bits per heavy atom. The minimum absolute atomic E-state index is 1.03. The summed E-state index contributed by atoms with van der Waals surface area (Å²) in [7, 11) is 0. The molecule has 19 heavy (non-hydrogen) atoms. The van der Waals surface area contributed by atoms with Gasteiger partial charge in [0.25, 0.3) is 0 Å². The summed E-state index contributed by atoms with van der Waals surface area (Å²) < 4.78 is 0. The molecule has 0 spiro atoms. The van der Waals surface area contributed by atoms with Gasteiger partial charge in [0.2, 0.25) is 0 Å². The fourth-order valence-corrected chi connectivity index (χ4v) is 3.20. The monoisotopic (exact) mass is 268 g/mol. The molecule has 0 nitrogen and oxygen atoms in total. The maximum atomic E-state index is 2.34. The van der Waals surface area contributed by atoms with Crippen molar-refractivity contribution in [2.24, 2.45) is 11.8 Å². The van der Waals surface area contributed by atoms with Crippen LogP contribution in [0.4, 0.5) is 0 Å². The van der Waals surface area contributed by atoms with Crippen molar-refractivity contribution in [3.63, 3.8) is 0 Å². The summed E-state index contributed by atoms with van der Waals surface area (Å²) in [6.45, 7) is 9.34. The van der Waals surface area contributed by atoms with Crippen molar-refractivity contribution in [3.05, 3.63) is 0 Å². The van der Waals surface area contributed by atoms with Gasteiger partial charge in [0.05, 0.1) is 0 Å². The van der Waals surface area contributed by atoms with Crippen molar-refractivity contribution in [2.45, 2.75) is 111 Å². The smallest absolute Gasteiger partial charge is 0.0412 e. The third-order valence-corrected chi connectivity index (χ3v) is 4.53. The summed E-state index contributed by atoms with van der Waals surface area (Å²) in [6, 6.07) is 0. The normalized spacial score (nSPS) is 11.7. The van der Waals surface area contributed by atoms with Crippen molar-refractivity contribution in [1.29, 1.82) is 0 Å². The van der Waals surface area contributed by atoms with Crippen LogP contribution in [0, 0.1) is 11.8 Å². The van der Waals surface area contributed by atoms with Gasteiger partial charge in [-0.05, 0) is 18.3 Å². The van der Waals surface area contributed by atoms with E-state index in [1.807, 2.05) is 0 Å². The molecule has 0 bridgehead atoms. The highest BCUT2D eigenvalue weighted by molar-refractivity contribution is 4.68. The van der Waals surface area contributed by atoms with Gasteiger partial charge < -0.3 is 0 Å². The second-order valence-electron chi connectivity index (χ2n) is 6.54. The quantitative estimate of drug-likeness (QED) is 0.308. The van der Waals surface area contributed by atoms with Crippen LogP contribution in [-0.4, -0.2) is 0 Å². The third-order valence-electron chi connectivity index (χ3n) is 4.53. The molecule has 0 fully saturated rings. The van der Waals surface area contributed by atoms with Gasteiger partial charge in [0.1, 0.15) is 0 Å². The standard InChI is InChI=1S/C19H40/c1-5-9-13-18(14-10-6-2)17-19(15-11-7-3)16-12-8-4/h18-19H,5-17H2,1-4H3. The van der Waals surface area contributed by atoms with Gasteiger partial charge in [-0.15, -0.1) is 0 Å². The molecule has 0 N–H and O–H groups in total. The summed E-state index contributed by atoms with van der Waals surface area (Å²) >= 11 is 0. The van der Waals surface area contributed by atoms with E-state index in [4.69, 9.17) is 0 Å². The van der Waals surface area contributed by atoms with Crippen LogP contribution in [0.25, 0.3) is 0 Å². The number of unbranched alkanes of at least 4 members (excludes halogenated alkanes) is 4. The van der Waals surface area contributed by atoms with E-state index in [2.05, 4.69) is 27.7 Å². The molecular weight excluding hydrogens is 228 g/mol. The first-order chi connectivity index (χ1) is 9.28. The zero-order valence-corrected chi connectivity index (χ0v) is 14.3. The van der Waals surface area contributed by atoms with Gasteiger partial charge in [-0.25, -0.2) is 0 Å². The SMILES string of the molecule is CCCCC(CCCC)CC(CCCC)CCCC. The molecule has 0 saturated heterocycles. The molecule has 0 aliphatic rings. The molecule has 0 heterocycles. The van der Waals surface area contributed by atoms with Gasteiger partial charge in [0, 0.05) is 0 Å². The van der Waals surface area contributed by atoms with Gasteiger partial charge in [-0.1, -0.05) is 105 Å². The molecule has 0 unspecified atom stereocenters. The van der Waals surface area contributed by atoms with Crippen molar-refractivity contribution >= 4 is 0 Å². The average Bonchev–Trinajstić information content (AvgIpc) is 2.44. The lowest BCUT2D eigenvalue weighted by Crippen LogP contribution is -2.10. The van der Waals surface area contributed by atoms with Crippen LogP contribution < -0.4 is 0 Å². The molecule has 0 heteroatoms. The predicted molar refractivity (Wildman–Crippen MR) is 89.7 cm³/mol. The van der Waals surface area contributed by atoms with E-state index in [0.29, 0.717) is 0 Å². The van der Waals surface area contributed by atoms with Crippen molar-refractivity contribution in [3.8, 4) is 0 Å². The lowest BCUT2D eigenvalue weighted by Gasteiger charge is -2.23. The van der Waals surface area contributed by atoms with E-state index < -0.39 is 0 Å². The largest absolute Gasteiger partial charge is 0.0654 e. The Morgan fingerprint density at radius 1 is 0.474 bits per heavy atom. The van der Waals surface area contributed by atoms with Crippen molar-refractivity contribution in [1.82, 2.24) is 0 Å². The predicted octanol–water partition coefficient (Wildman–Crippen LogP) is 7.37. The molecule has 0 amide bonds. The highest BCUT2D eigenvalue weighted by Crippen LogP contribution is 2.29. The highest BCUT2D eigenvalue weighted by Gasteiger charge is 2.15. The molecule has 0 aromatic rings. The van der Waals surface area contributed by atoms with Gasteiger partial charge >= 0.3 is 0 Å². The Hall–Kier alpha value is 0. The highest BCUT2D eigenvalue weighted by atomic mass is 14.2. The van der Waals surface area contributed by atoms with Gasteiger partial charge in [-0.2, -0.15) is 0 Å². The Labute approximate surface area is 123 Å². The van der Waals surface area contributed by atoms with E-state index in [-0.39, 0.29) is 0 Å². The lowest BCUT2D eigenvalue weighted by molar-refractivity contribution is 0.289. The lowest BCUT2D eigenvalue weighted by atomic mass is 9.82. The Balaban J connectivity index is 4.16. The molecule has 0 aromatic heterocycles. The topological polar surface area (TPSA) is 0 Å². The van der Waals surface area contributed by atoms with Gasteiger partial charge in [0.15, 0.2) is 0 Å². The number of rotatable bonds is 14. The van der Waals surface area contributed by atoms with Gasteiger partial charge in [-0.3, -0.25) is 0 Å². The molecule has 116 valence electrons. The number of hydrogen-bond donors (Lipinski definition) is 0. The second-order valence-corrected chi connectivity index (χ2v) is 6.54. The summed E-state index contributed by atoms with van der Waals surface area (Å²) in [5.41, 5.74) is 0. The van der Waals surface area contributed by atoms with Crippen molar-refractivity contribution in [2.75, 3.05) is 0 Å². The summed E-state index contributed by atoms with van der Waals surface area (Å²) in [4.78, 5) is 0. The fraction of sp³-hybridized carbons (Fsp3) is 1.00. The summed E-state index contributed by atoms with van der Waals surface area (Å²) in [5.74, 6) is 2.05. The fourth-order valence-electron chi connectivity index (χ4n) is 3.20. The van der Waals surface area contributed by atoms with E-state index >= 15 is 0 Å². The first kappa shape index (κ1) is 19.0. The molecule has 0 aromatic carbocycles. The first-order valence-electron chi connectivity index (χ1n) is 9.28. The minimum Gasteiger partial charge on any atom is -0.0654 e. The Morgan fingerprint density at radius 3 is 0.947 bits per heavy atom. The van der Waals surface area contributed by atoms with E-state index in [0.717, 1.165) is 11.8 Å². The molecule has 0 atom stereocenters. The zero-order valence-electron chi connectivity index (χ0n) is 14.3. The molecule has 0 saturated carbocycles. The summed E-state index contributed by atoms with van der Waals surface area (Å²) in [5, 5.41) is 0. The van der Waals surface area contributed by atoms with Crippen LogP contribution in [0.1, 0.15) is 111 Å². The minimum atomic E-state index is 1.03. The van der Waals surface area contributed by atoms with Crippen LogP contribution in [0.2, 0.25) is 0 Å². The Kier molecular flexibility index (Phi) is 14.4. The van der Waals surface area contributed by atoms with Crippen LogP contribution in [0.15, 0.2) is 0 Å². The van der Waals surface area contributed by atoms with Crippen molar-refractivity contribution < 1.29 is 0 Å². The molecule has 0 rings (SSSR count). The maximum Gasteiger partial charge on any atom is -0.0412 e. The molecule has 0 radical (unpaired) electrons. The van der Waals surface area contributed by atoms with E-state index in [1.165, 1.54) is 83.5 Å². The second kappa shape index (κ2) is 14.4. The molecule has 0 aliphatic heterocycles. The van der Waals surface area contributed by atoms with E-state index in [1.54, 1.807) is 0 Å². The van der Waals surface area contributed by atoms with Crippen LogP contribution >= 0.6 is 0 Å². The Bertz CT molecular complexity index is 127. The van der Waals surface area contributed by atoms with Crippen LogP contribution in [0.5, 0.6) is 0 Å². The average molecular weight is 269 g/mol. The summed E-state index contributed by atoms with van der Waals surface area (Å²) in [6.07, 6.45) is 18.8. The van der Waals surface area contributed by atoms with Crippen LogP contribution in [0.3, 0.4) is 0 Å². The van der Waals surface area contributed by atoms with E-state index in [9.17, 15) is 0 Å². The third kappa shape index (κ3) is 11.5. The maximum absolute atomic E-state index is 2.34. The zero-order chi connectivity index (χ0) is 14.3.